The van der Waals surface area contributed by atoms with Crippen molar-refractivity contribution >= 4 is 91.7 Å². The van der Waals surface area contributed by atoms with Gasteiger partial charge in [-0.3, -0.25) is 9.59 Å². The number of carbonyl (C=O) groups is 2. The van der Waals surface area contributed by atoms with Crippen molar-refractivity contribution in [3.63, 3.8) is 0 Å². The largest absolute Gasteiger partial charge is 0.368 e. The molecule has 2 aliphatic rings. The molecule has 2 aromatic heterocycles. The second-order valence-electron chi connectivity index (χ2n) is 12.0. The maximum atomic E-state index is 14.5. The molecule has 2 saturated heterocycles. The van der Waals surface area contributed by atoms with Crippen LogP contribution in [0.3, 0.4) is 0 Å². The molecule has 0 aliphatic carbocycles. The molecule has 2 fully saturated rings. The summed E-state index contributed by atoms with van der Waals surface area (Å²) in [6.45, 7) is 1.74. The molecule has 48 heavy (non-hydrogen) atoms. The summed E-state index contributed by atoms with van der Waals surface area (Å²) in [5, 5.41) is 3.33. The lowest BCUT2D eigenvalue weighted by atomic mass is 9.90. The van der Waals surface area contributed by atoms with Crippen LogP contribution < -0.4 is 15.5 Å². The van der Waals surface area contributed by atoms with E-state index in [-0.39, 0.29) is 23.0 Å². The topological polar surface area (TPSA) is 121 Å². The number of carbonyl (C=O) groups excluding carboxylic acids is 2. The van der Waals surface area contributed by atoms with Crippen LogP contribution in [0.5, 0.6) is 0 Å². The summed E-state index contributed by atoms with van der Waals surface area (Å²) in [4.78, 5) is 51.5. The van der Waals surface area contributed by atoms with Gasteiger partial charge in [-0.15, -0.1) is 0 Å². The molecule has 0 radical (unpaired) electrons. The standard InChI is InChI=1S/C34H30Cl4N8O2/c35-19-4-6-23-27(14-19)40-17-42-32(23)44-11-8-21(9-12-44)46(34(48)25-2-1-3-26(37)30(25)38)22-10-13-45(29(16-22)31(39)47)33-24-7-5-20(36)15-28(24)41-18-43-33/h1-7,14-15,17-18,21-22,29H,8-13,16H2,(H2,39,47). The van der Waals surface area contributed by atoms with Crippen LogP contribution in [0, 0.1) is 0 Å². The maximum absolute atomic E-state index is 14.5. The molecule has 2 atom stereocenters. The van der Waals surface area contributed by atoms with Crippen LogP contribution in [0.4, 0.5) is 11.6 Å². The number of piperidine rings is 2. The lowest BCUT2D eigenvalue weighted by Crippen LogP contribution is -2.59. The number of rotatable bonds is 6. The van der Waals surface area contributed by atoms with E-state index in [1.807, 2.05) is 34.1 Å². The zero-order chi connectivity index (χ0) is 33.5. The Bertz CT molecular complexity index is 2040. The number of primary amides is 1. The van der Waals surface area contributed by atoms with Crippen LogP contribution in [0.2, 0.25) is 20.1 Å². The molecule has 3 aromatic carbocycles. The Hall–Kier alpha value is -3.96. The first-order chi connectivity index (χ1) is 23.2. The second kappa shape index (κ2) is 13.5. The first kappa shape index (κ1) is 32.6. The smallest absolute Gasteiger partial charge is 0.255 e. The molecule has 5 aromatic rings. The predicted molar refractivity (Wildman–Crippen MR) is 190 cm³/mol. The second-order valence-corrected chi connectivity index (χ2v) is 13.7. The monoisotopic (exact) mass is 722 g/mol. The minimum atomic E-state index is -0.720. The summed E-state index contributed by atoms with van der Waals surface area (Å²) in [6, 6.07) is 14.9. The fraction of sp³-hybridized carbons (Fsp3) is 0.294. The SMILES string of the molecule is NC(=O)C1CC(N(C(=O)c2cccc(Cl)c2Cl)C2CCN(c3ncnc4cc(Cl)ccc34)CC2)CCN1c1ncnc2cc(Cl)ccc12. The highest BCUT2D eigenvalue weighted by atomic mass is 35.5. The molecule has 246 valence electrons. The number of hydrogen-bond acceptors (Lipinski definition) is 8. The molecular formula is C34H30Cl4N8O2. The summed E-state index contributed by atoms with van der Waals surface area (Å²) < 4.78 is 0. The van der Waals surface area contributed by atoms with Crippen molar-refractivity contribution in [1.82, 2.24) is 24.8 Å². The first-order valence-electron chi connectivity index (χ1n) is 15.6. The summed E-state index contributed by atoms with van der Waals surface area (Å²) in [6.07, 6.45) is 5.23. The lowest BCUT2D eigenvalue weighted by Gasteiger charge is -2.47. The summed E-state index contributed by atoms with van der Waals surface area (Å²) in [5.74, 6) is 0.693. The van der Waals surface area contributed by atoms with Crippen molar-refractivity contribution in [1.29, 1.82) is 0 Å². The van der Waals surface area contributed by atoms with Gasteiger partial charge in [0.25, 0.3) is 5.91 Å². The van der Waals surface area contributed by atoms with Crippen molar-refractivity contribution in [2.45, 2.75) is 43.8 Å². The van der Waals surface area contributed by atoms with Gasteiger partial charge in [-0.1, -0.05) is 52.5 Å². The van der Waals surface area contributed by atoms with Gasteiger partial charge in [-0.25, -0.2) is 19.9 Å². The third kappa shape index (κ3) is 6.18. The highest BCUT2D eigenvalue weighted by Gasteiger charge is 2.41. The average molecular weight is 724 g/mol. The van der Waals surface area contributed by atoms with Crippen molar-refractivity contribution in [2.24, 2.45) is 5.73 Å². The lowest BCUT2D eigenvalue weighted by molar-refractivity contribution is -0.120. The van der Waals surface area contributed by atoms with E-state index < -0.39 is 11.9 Å². The van der Waals surface area contributed by atoms with Crippen LogP contribution in [-0.4, -0.2) is 74.4 Å². The number of halogens is 4. The number of fused-ring (bicyclic) bond motifs is 2. The fourth-order valence-corrected chi connectivity index (χ4v) is 7.74. The predicted octanol–water partition coefficient (Wildman–Crippen LogP) is 6.82. The normalized spacial score (nSPS) is 18.8. The van der Waals surface area contributed by atoms with Crippen LogP contribution in [0.25, 0.3) is 21.8 Å². The van der Waals surface area contributed by atoms with Gasteiger partial charge in [0.2, 0.25) is 5.91 Å². The number of hydrogen-bond donors (Lipinski definition) is 1. The van der Waals surface area contributed by atoms with E-state index in [1.54, 1.807) is 36.7 Å². The van der Waals surface area contributed by atoms with Gasteiger partial charge < -0.3 is 20.4 Å². The number of benzene rings is 3. The molecular weight excluding hydrogens is 694 g/mol. The van der Waals surface area contributed by atoms with E-state index in [1.165, 1.54) is 6.33 Å². The highest BCUT2D eigenvalue weighted by molar-refractivity contribution is 6.43. The van der Waals surface area contributed by atoms with Crippen LogP contribution >= 0.6 is 46.4 Å². The Morgan fingerprint density at radius 3 is 2.00 bits per heavy atom. The van der Waals surface area contributed by atoms with E-state index in [2.05, 4.69) is 24.8 Å². The highest BCUT2D eigenvalue weighted by Crippen LogP contribution is 2.36. The van der Waals surface area contributed by atoms with Gasteiger partial charge in [-0.2, -0.15) is 0 Å². The molecule has 10 nitrogen and oxygen atoms in total. The summed E-state index contributed by atoms with van der Waals surface area (Å²) in [5.41, 5.74) is 7.81. The van der Waals surface area contributed by atoms with Crippen LogP contribution in [-0.2, 0) is 4.79 Å². The minimum absolute atomic E-state index is 0.140. The van der Waals surface area contributed by atoms with Gasteiger partial charge >= 0.3 is 0 Å². The number of nitrogens with two attached hydrogens (primary N) is 1. The molecule has 0 saturated carbocycles. The average Bonchev–Trinajstić information content (AvgIpc) is 3.09. The third-order valence-electron chi connectivity index (χ3n) is 9.30. The summed E-state index contributed by atoms with van der Waals surface area (Å²) >= 11 is 25.4. The van der Waals surface area contributed by atoms with Crippen LogP contribution in [0.1, 0.15) is 36.0 Å². The summed E-state index contributed by atoms with van der Waals surface area (Å²) in [7, 11) is 0. The number of nitrogens with zero attached hydrogens (tertiary/aromatic N) is 7. The maximum Gasteiger partial charge on any atom is 0.255 e. The van der Waals surface area contributed by atoms with Crippen molar-refractivity contribution in [2.75, 3.05) is 29.4 Å². The molecule has 2 unspecified atom stereocenters. The van der Waals surface area contributed by atoms with Gasteiger partial charge in [0, 0.05) is 52.5 Å². The van der Waals surface area contributed by atoms with E-state index >= 15 is 0 Å². The molecule has 0 spiro atoms. The minimum Gasteiger partial charge on any atom is -0.368 e. The van der Waals surface area contributed by atoms with Gasteiger partial charge in [-0.05, 0) is 74.2 Å². The van der Waals surface area contributed by atoms with Crippen molar-refractivity contribution < 1.29 is 9.59 Å². The molecule has 2 amide bonds. The Morgan fingerprint density at radius 1 is 0.750 bits per heavy atom. The zero-order valence-electron chi connectivity index (χ0n) is 25.6. The molecule has 2 N–H and O–H groups in total. The Labute approximate surface area is 296 Å². The zero-order valence-corrected chi connectivity index (χ0v) is 28.6. The van der Waals surface area contributed by atoms with Gasteiger partial charge in [0.15, 0.2) is 0 Å². The fourth-order valence-electron chi connectivity index (χ4n) is 7.03. The van der Waals surface area contributed by atoms with Crippen LogP contribution in [0.15, 0.2) is 67.3 Å². The van der Waals surface area contributed by atoms with Gasteiger partial charge in [0.1, 0.15) is 30.3 Å². The Kier molecular flexibility index (Phi) is 9.17. The molecule has 4 heterocycles. The van der Waals surface area contributed by atoms with Crippen molar-refractivity contribution in [3.05, 3.63) is 92.9 Å². The number of anilines is 2. The Morgan fingerprint density at radius 2 is 1.35 bits per heavy atom. The molecule has 0 bridgehead atoms. The van der Waals surface area contributed by atoms with Crippen molar-refractivity contribution in [3.8, 4) is 0 Å². The Balaban J connectivity index is 1.19. The molecule has 14 heteroatoms. The number of aromatic nitrogens is 4. The van der Waals surface area contributed by atoms with E-state index in [0.29, 0.717) is 77.3 Å². The molecule has 7 rings (SSSR count). The van der Waals surface area contributed by atoms with E-state index in [0.717, 1.165) is 22.1 Å². The quantitative estimate of drug-likeness (QED) is 0.203. The van der Waals surface area contributed by atoms with E-state index in [9.17, 15) is 9.59 Å². The third-order valence-corrected chi connectivity index (χ3v) is 10.6. The van der Waals surface area contributed by atoms with Gasteiger partial charge in [0.05, 0.1) is 26.6 Å². The number of amides is 2. The first-order valence-corrected chi connectivity index (χ1v) is 17.1. The van der Waals surface area contributed by atoms with E-state index in [4.69, 9.17) is 52.1 Å². The molecule has 2 aliphatic heterocycles.